The normalized spacial score (nSPS) is 11.8. The highest BCUT2D eigenvalue weighted by atomic mass is 16.3. The van der Waals surface area contributed by atoms with E-state index in [0.717, 1.165) is 25.2 Å². The van der Waals surface area contributed by atoms with Crippen molar-refractivity contribution in [3.05, 3.63) is 60.2 Å². The van der Waals surface area contributed by atoms with Crippen LogP contribution < -0.4 is 10.2 Å². The van der Waals surface area contributed by atoms with Gasteiger partial charge in [0.2, 0.25) is 0 Å². The second kappa shape index (κ2) is 8.34. The lowest BCUT2D eigenvalue weighted by molar-refractivity contribution is -0.124. The largest absolute Gasteiger partial charge is 0.378 e. The van der Waals surface area contributed by atoms with Gasteiger partial charge < -0.3 is 15.3 Å². The molecule has 122 valence electrons. The average molecular weight is 312 g/mol. The Morgan fingerprint density at radius 1 is 1.09 bits per heavy atom. The lowest BCUT2D eigenvalue weighted by Crippen LogP contribution is -2.23. The molecular formula is C19H24N2O2. The molecule has 2 rings (SSSR count). The molecule has 23 heavy (non-hydrogen) atoms. The molecule has 4 heteroatoms. The fraction of sp³-hybridized carbons (Fsp3) is 0.316. The van der Waals surface area contributed by atoms with Gasteiger partial charge in [0.15, 0.2) is 6.10 Å². The summed E-state index contributed by atoms with van der Waals surface area (Å²) in [4.78, 5) is 14.4. The van der Waals surface area contributed by atoms with Crippen LogP contribution in [-0.4, -0.2) is 24.1 Å². The van der Waals surface area contributed by atoms with E-state index in [4.69, 9.17) is 0 Å². The standard InChI is InChI=1S/C19H24N2O2/c1-3-14-21(4-2)17-12-10-16(11-13-17)20-19(23)18(22)15-8-6-5-7-9-15/h5-13,18,22H,3-4,14H2,1-2H3,(H,20,23). The molecule has 1 amide bonds. The van der Waals surface area contributed by atoms with E-state index in [-0.39, 0.29) is 0 Å². The van der Waals surface area contributed by atoms with Gasteiger partial charge in [0.05, 0.1) is 0 Å². The van der Waals surface area contributed by atoms with Crippen LogP contribution in [0.1, 0.15) is 31.9 Å². The molecule has 0 radical (unpaired) electrons. The van der Waals surface area contributed by atoms with Crippen LogP contribution in [0.4, 0.5) is 11.4 Å². The fourth-order valence-corrected chi connectivity index (χ4v) is 2.49. The Labute approximate surface area is 137 Å². The first-order valence-corrected chi connectivity index (χ1v) is 8.04. The Kier molecular flexibility index (Phi) is 6.18. The number of carbonyl (C=O) groups is 1. The Morgan fingerprint density at radius 2 is 1.74 bits per heavy atom. The first-order chi connectivity index (χ1) is 11.2. The molecule has 0 heterocycles. The lowest BCUT2D eigenvalue weighted by atomic mass is 10.1. The van der Waals surface area contributed by atoms with Crippen LogP contribution in [0.3, 0.4) is 0 Å². The molecule has 1 unspecified atom stereocenters. The van der Waals surface area contributed by atoms with E-state index < -0.39 is 12.0 Å². The second-order valence-corrected chi connectivity index (χ2v) is 5.43. The molecule has 2 aromatic rings. The number of nitrogens with one attached hydrogen (secondary N) is 1. The summed E-state index contributed by atoms with van der Waals surface area (Å²) in [5, 5.41) is 12.8. The quantitative estimate of drug-likeness (QED) is 0.821. The molecule has 0 aromatic heterocycles. The predicted octanol–water partition coefficient (Wildman–Crippen LogP) is 3.60. The van der Waals surface area contributed by atoms with Gasteiger partial charge in [-0.25, -0.2) is 0 Å². The number of hydrogen-bond donors (Lipinski definition) is 2. The number of carbonyl (C=O) groups excluding carboxylic acids is 1. The number of aliphatic hydroxyl groups is 1. The summed E-state index contributed by atoms with van der Waals surface area (Å²) in [6.45, 7) is 6.24. The summed E-state index contributed by atoms with van der Waals surface area (Å²) < 4.78 is 0. The zero-order valence-corrected chi connectivity index (χ0v) is 13.7. The molecule has 0 aliphatic rings. The molecule has 4 nitrogen and oxygen atoms in total. The van der Waals surface area contributed by atoms with Crippen LogP contribution >= 0.6 is 0 Å². The van der Waals surface area contributed by atoms with E-state index >= 15 is 0 Å². The average Bonchev–Trinajstić information content (AvgIpc) is 2.60. The van der Waals surface area contributed by atoms with E-state index in [9.17, 15) is 9.90 Å². The summed E-state index contributed by atoms with van der Waals surface area (Å²) in [6.07, 6.45) is -0.0709. The zero-order chi connectivity index (χ0) is 16.7. The van der Waals surface area contributed by atoms with Crippen LogP contribution in [0, 0.1) is 0 Å². The molecule has 2 N–H and O–H groups in total. The third kappa shape index (κ3) is 4.57. The van der Waals surface area contributed by atoms with E-state index in [1.165, 1.54) is 0 Å². The van der Waals surface area contributed by atoms with Crippen molar-refractivity contribution in [2.45, 2.75) is 26.4 Å². The first kappa shape index (κ1) is 17.0. The summed E-state index contributed by atoms with van der Waals surface area (Å²) >= 11 is 0. The molecule has 1 atom stereocenters. The highest BCUT2D eigenvalue weighted by Crippen LogP contribution is 2.20. The SMILES string of the molecule is CCCN(CC)c1ccc(NC(=O)C(O)c2ccccc2)cc1. The molecular weight excluding hydrogens is 288 g/mol. The van der Waals surface area contributed by atoms with Gasteiger partial charge in [0, 0.05) is 24.5 Å². The molecule has 0 saturated carbocycles. The monoisotopic (exact) mass is 312 g/mol. The number of hydrogen-bond acceptors (Lipinski definition) is 3. The van der Waals surface area contributed by atoms with Gasteiger partial charge >= 0.3 is 0 Å². The summed E-state index contributed by atoms with van der Waals surface area (Å²) in [5.74, 6) is -0.426. The molecule has 0 saturated heterocycles. The number of rotatable bonds is 7. The van der Waals surface area contributed by atoms with E-state index in [1.807, 2.05) is 30.3 Å². The van der Waals surface area contributed by atoms with Crippen LogP contribution in [-0.2, 0) is 4.79 Å². The van der Waals surface area contributed by atoms with Crippen molar-refractivity contribution in [1.82, 2.24) is 0 Å². The number of aliphatic hydroxyl groups excluding tert-OH is 1. The number of amides is 1. The molecule has 0 bridgehead atoms. The maximum absolute atomic E-state index is 12.1. The van der Waals surface area contributed by atoms with Gasteiger partial charge in [0.1, 0.15) is 0 Å². The Balaban J connectivity index is 2.01. The molecule has 0 aliphatic carbocycles. The van der Waals surface area contributed by atoms with Gasteiger partial charge in [-0.3, -0.25) is 4.79 Å². The maximum Gasteiger partial charge on any atom is 0.257 e. The maximum atomic E-state index is 12.1. The second-order valence-electron chi connectivity index (χ2n) is 5.43. The highest BCUT2D eigenvalue weighted by molar-refractivity contribution is 5.94. The minimum absolute atomic E-state index is 0.426. The number of nitrogens with zero attached hydrogens (tertiary/aromatic N) is 1. The van der Waals surface area contributed by atoms with Crippen LogP contribution in [0.5, 0.6) is 0 Å². The van der Waals surface area contributed by atoms with E-state index in [0.29, 0.717) is 11.3 Å². The van der Waals surface area contributed by atoms with E-state index in [2.05, 4.69) is 24.1 Å². The lowest BCUT2D eigenvalue weighted by Gasteiger charge is -2.22. The van der Waals surface area contributed by atoms with E-state index in [1.54, 1.807) is 24.3 Å². The molecule has 0 aliphatic heterocycles. The van der Waals surface area contributed by atoms with Gasteiger partial charge in [-0.1, -0.05) is 37.3 Å². The van der Waals surface area contributed by atoms with Crippen molar-refractivity contribution in [3.63, 3.8) is 0 Å². The van der Waals surface area contributed by atoms with Crippen molar-refractivity contribution in [1.29, 1.82) is 0 Å². The fourth-order valence-electron chi connectivity index (χ4n) is 2.49. The van der Waals surface area contributed by atoms with Gasteiger partial charge in [-0.15, -0.1) is 0 Å². The molecule has 0 fully saturated rings. The van der Waals surface area contributed by atoms with Crippen LogP contribution in [0.2, 0.25) is 0 Å². The predicted molar refractivity (Wildman–Crippen MR) is 94.7 cm³/mol. The smallest absolute Gasteiger partial charge is 0.257 e. The topological polar surface area (TPSA) is 52.6 Å². The van der Waals surface area contributed by atoms with Gasteiger partial charge in [0.25, 0.3) is 5.91 Å². The third-order valence-electron chi connectivity index (χ3n) is 3.74. The van der Waals surface area contributed by atoms with Crippen LogP contribution in [0.25, 0.3) is 0 Å². The Bertz CT molecular complexity index is 611. The summed E-state index contributed by atoms with van der Waals surface area (Å²) in [7, 11) is 0. The minimum atomic E-state index is -1.16. The minimum Gasteiger partial charge on any atom is -0.378 e. The number of anilines is 2. The zero-order valence-electron chi connectivity index (χ0n) is 13.7. The van der Waals surface area contributed by atoms with Crippen LogP contribution in [0.15, 0.2) is 54.6 Å². The van der Waals surface area contributed by atoms with Gasteiger partial charge in [-0.2, -0.15) is 0 Å². The van der Waals surface area contributed by atoms with Crippen molar-refractivity contribution in [2.75, 3.05) is 23.3 Å². The Morgan fingerprint density at radius 3 is 2.30 bits per heavy atom. The number of benzene rings is 2. The van der Waals surface area contributed by atoms with Crippen molar-refractivity contribution in [3.8, 4) is 0 Å². The third-order valence-corrected chi connectivity index (χ3v) is 3.74. The Hall–Kier alpha value is -2.33. The highest BCUT2D eigenvalue weighted by Gasteiger charge is 2.17. The summed E-state index contributed by atoms with van der Waals surface area (Å²) in [5.41, 5.74) is 2.40. The van der Waals surface area contributed by atoms with Crippen molar-refractivity contribution in [2.24, 2.45) is 0 Å². The summed E-state index contributed by atoms with van der Waals surface area (Å²) in [6, 6.07) is 16.6. The van der Waals surface area contributed by atoms with Crippen molar-refractivity contribution < 1.29 is 9.90 Å². The van der Waals surface area contributed by atoms with Crippen molar-refractivity contribution >= 4 is 17.3 Å². The molecule has 2 aromatic carbocycles. The first-order valence-electron chi connectivity index (χ1n) is 8.04. The van der Waals surface area contributed by atoms with Gasteiger partial charge in [-0.05, 0) is 43.2 Å². The molecule has 0 spiro atoms.